The SMILES string of the molecule is COc1cc(-n2nc(I)c3ncnc(N)c32)ccc1N.COc1cc(-n2nc(I)c3ncnc(N)c32)ccc1[N+](=O)[O-]. The van der Waals surface area contributed by atoms with Gasteiger partial charge >= 0.3 is 5.69 Å². The second kappa shape index (κ2) is 11.7. The number of methoxy groups -OCH3 is 2. The number of nitrogens with two attached hydrogens (primary N) is 3. The van der Waals surface area contributed by atoms with E-state index in [1.54, 1.807) is 34.7 Å². The Morgan fingerprint density at radius 1 is 0.762 bits per heavy atom. The van der Waals surface area contributed by atoms with E-state index in [0.29, 0.717) is 48.7 Å². The van der Waals surface area contributed by atoms with E-state index in [-0.39, 0.29) is 17.3 Å². The number of nitrogens with zero attached hydrogens (tertiary/aromatic N) is 9. The van der Waals surface area contributed by atoms with Crippen molar-refractivity contribution in [3.05, 3.63) is 66.6 Å². The maximum Gasteiger partial charge on any atom is 0.311 e. The number of hydrogen-bond donors (Lipinski definition) is 3. The molecule has 18 heteroatoms. The zero-order valence-electron chi connectivity index (χ0n) is 21.8. The third-order valence-corrected chi connectivity index (χ3v) is 7.41. The first-order valence-electron chi connectivity index (χ1n) is 11.7. The monoisotopic (exact) mass is 794 g/mol. The Morgan fingerprint density at radius 3 is 1.71 bits per heavy atom. The van der Waals surface area contributed by atoms with Crippen molar-refractivity contribution in [2.24, 2.45) is 0 Å². The molecule has 6 aromatic rings. The first kappa shape index (κ1) is 28.9. The molecule has 0 unspecified atom stereocenters. The van der Waals surface area contributed by atoms with Gasteiger partial charge in [0.2, 0.25) is 0 Å². The Hall–Kier alpha value is -4.60. The maximum absolute atomic E-state index is 11.0. The molecule has 0 radical (unpaired) electrons. The fraction of sp³-hybridized carbons (Fsp3) is 0.0833. The number of benzene rings is 2. The average Bonchev–Trinajstić information content (AvgIpc) is 3.51. The minimum absolute atomic E-state index is 0.123. The van der Waals surface area contributed by atoms with E-state index in [0.717, 1.165) is 9.39 Å². The summed E-state index contributed by atoms with van der Waals surface area (Å²) in [5.74, 6) is 1.37. The molecule has 0 atom stereocenters. The Morgan fingerprint density at radius 2 is 1.24 bits per heavy atom. The van der Waals surface area contributed by atoms with Gasteiger partial charge in [-0.25, -0.2) is 29.3 Å². The molecule has 0 fully saturated rings. The number of nitro groups is 1. The number of nitro benzene ring substituents is 1. The summed E-state index contributed by atoms with van der Waals surface area (Å²) in [6.07, 6.45) is 2.79. The average molecular weight is 794 g/mol. The highest BCUT2D eigenvalue weighted by Crippen LogP contribution is 2.32. The number of ether oxygens (including phenoxy) is 2. The summed E-state index contributed by atoms with van der Waals surface area (Å²) in [7, 11) is 2.94. The van der Waals surface area contributed by atoms with Crippen LogP contribution in [0.2, 0.25) is 0 Å². The second-order valence-corrected chi connectivity index (χ2v) is 10.4. The Labute approximate surface area is 263 Å². The van der Waals surface area contributed by atoms with E-state index in [9.17, 15) is 10.1 Å². The molecule has 16 nitrogen and oxygen atoms in total. The van der Waals surface area contributed by atoms with Crippen LogP contribution in [0.4, 0.5) is 23.0 Å². The number of nitrogen functional groups attached to an aromatic ring is 3. The molecule has 0 aliphatic carbocycles. The van der Waals surface area contributed by atoms with Crippen LogP contribution in [0, 0.1) is 17.5 Å². The minimum Gasteiger partial charge on any atom is -0.495 e. The van der Waals surface area contributed by atoms with Gasteiger partial charge in [-0.2, -0.15) is 10.2 Å². The van der Waals surface area contributed by atoms with Crippen molar-refractivity contribution < 1.29 is 14.4 Å². The van der Waals surface area contributed by atoms with E-state index < -0.39 is 4.92 Å². The lowest BCUT2D eigenvalue weighted by atomic mass is 10.2. The zero-order valence-corrected chi connectivity index (χ0v) is 26.1. The second-order valence-electron chi connectivity index (χ2n) is 8.36. The Balaban J connectivity index is 0.000000169. The number of rotatable bonds is 5. The molecular weight excluding hydrogens is 774 g/mol. The topological polar surface area (TPSA) is 227 Å². The first-order chi connectivity index (χ1) is 20.1. The van der Waals surface area contributed by atoms with Crippen LogP contribution in [0.5, 0.6) is 11.5 Å². The van der Waals surface area contributed by atoms with Crippen LogP contribution in [-0.4, -0.2) is 58.6 Å². The summed E-state index contributed by atoms with van der Waals surface area (Å²) >= 11 is 4.15. The lowest BCUT2D eigenvalue weighted by molar-refractivity contribution is -0.385. The fourth-order valence-electron chi connectivity index (χ4n) is 4.03. The van der Waals surface area contributed by atoms with Crippen LogP contribution >= 0.6 is 45.2 Å². The van der Waals surface area contributed by atoms with Gasteiger partial charge < -0.3 is 26.7 Å². The summed E-state index contributed by atoms with van der Waals surface area (Å²) in [5, 5.41) is 19.8. The quantitative estimate of drug-likeness (QED) is 0.0984. The van der Waals surface area contributed by atoms with Gasteiger partial charge in [0, 0.05) is 18.2 Å². The molecule has 0 aliphatic rings. The molecule has 0 spiro atoms. The van der Waals surface area contributed by atoms with Crippen molar-refractivity contribution >= 4 is 90.3 Å². The van der Waals surface area contributed by atoms with Crippen LogP contribution in [0.3, 0.4) is 0 Å². The van der Waals surface area contributed by atoms with Crippen molar-refractivity contribution in [2.75, 3.05) is 31.4 Å². The summed E-state index contributed by atoms with van der Waals surface area (Å²) in [4.78, 5) is 26.8. The molecule has 42 heavy (non-hydrogen) atoms. The molecule has 0 bridgehead atoms. The standard InChI is InChI=1S/C12H9IN6O3.C12H11IN6O/c1-22-8-4-6(2-3-7(8)19(20)21)18-10-9(11(13)17-18)15-5-16-12(10)14;1-20-8-4-6(2-3-7(8)14)19-10-9(11(13)18-19)16-5-17-12(10)15/h2-5H,1H3,(H2,14,15,16);2-5H,14H2,1H3,(H2,15,16,17). The molecule has 6 rings (SSSR count). The van der Waals surface area contributed by atoms with Gasteiger partial charge in [0.15, 0.2) is 17.4 Å². The van der Waals surface area contributed by atoms with Crippen LogP contribution in [0.1, 0.15) is 0 Å². The summed E-state index contributed by atoms with van der Waals surface area (Å²) in [6, 6.07) is 9.84. The summed E-state index contributed by atoms with van der Waals surface area (Å²) in [6.45, 7) is 0. The molecule has 6 N–H and O–H groups in total. The molecular formula is C24H20I2N12O4. The lowest BCUT2D eigenvalue weighted by Crippen LogP contribution is -2.02. The van der Waals surface area contributed by atoms with Gasteiger partial charge in [-0.3, -0.25) is 10.1 Å². The normalized spacial score (nSPS) is 10.9. The van der Waals surface area contributed by atoms with Crippen molar-refractivity contribution in [1.82, 2.24) is 39.5 Å². The van der Waals surface area contributed by atoms with E-state index in [4.69, 9.17) is 26.7 Å². The van der Waals surface area contributed by atoms with Crippen molar-refractivity contribution in [3.8, 4) is 22.9 Å². The van der Waals surface area contributed by atoms with Gasteiger partial charge in [-0.1, -0.05) is 0 Å². The number of hydrogen-bond acceptors (Lipinski definition) is 13. The van der Waals surface area contributed by atoms with Crippen LogP contribution in [0.25, 0.3) is 33.4 Å². The van der Waals surface area contributed by atoms with Crippen LogP contribution in [-0.2, 0) is 0 Å². The number of fused-ring (bicyclic) bond motifs is 2. The third kappa shape index (κ3) is 5.24. The van der Waals surface area contributed by atoms with Gasteiger partial charge in [0.05, 0.1) is 36.2 Å². The molecule has 0 saturated heterocycles. The number of anilines is 3. The summed E-state index contributed by atoms with van der Waals surface area (Å²) in [5.41, 5.74) is 22.0. The van der Waals surface area contributed by atoms with Gasteiger partial charge in [-0.15, -0.1) is 0 Å². The lowest BCUT2D eigenvalue weighted by Gasteiger charge is -2.08. The molecule has 0 saturated carbocycles. The smallest absolute Gasteiger partial charge is 0.311 e. The first-order valence-corrected chi connectivity index (χ1v) is 13.9. The van der Waals surface area contributed by atoms with E-state index in [1.165, 1.54) is 31.9 Å². The van der Waals surface area contributed by atoms with Crippen LogP contribution < -0.4 is 26.7 Å². The highest BCUT2D eigenvalue weighted by molar-refractivity contribution is 14.1. The van der Waals surface area contributed by atoms with Crippen molar-refractivity contribution in [2.45, 2.75) is 0 Å². The van der Waals surface area contributed by atoms with Gasteiger partial charge in [0.25, 0.3) is 0 Å². The molecule has 0 amide bonds. The number of aromatic nitrogens is 8. The maximum atomic E-state index is 11.0. The predicted molar refractivity (Wildman–Crippen MR) is 172 cm³/mol. The van der Waals surface area contributed by atoms with Gasteiger partial charge in [0.1, 0.15) is 47.9 Å². The number of halogens is 2. The van der Waals surface area contributed by atoms with Gasteiger partial charge in [-0.05, 0) is 63.4 Å². The van der Waals surface area contributed by atoms with Crippen molar-refractivity contribution in [3.63, 3.8) is 0 Å². The van der Waals surface area contributed by atoms with E-state index in [1.807, 2.05) is 28.7 Å². The summed E-state index contributed by atoms with van der Waals surface area (Å²) < 4.78 is 14.9. The van der Waals surface area contributed by atoms with E-state index in [2.05, 4.69) is 52.7 Å². The molecule has 4 aromatic heterocycles. The Bertz CT molecular complexity index is 1980. The predicted octanol–water partition coefficient (Wildman–Crippen LogP) is 3.51. The Kier molecular flexibility index (Phi) is 8.06. The minimum atomic E-state index is -0.509. The zero-order chi connectivity index (χ0) is 30.1. The van der Waals surface area contributed by atoms with Crippen LogP contribution in [0.15, 0.2) is 49.1 Å². The largest absolute Gasteiger partial charge is 0.495 e. The molecule has 4 heterocycles. The molecule has 2 aromatic carbocycles. The third-order valence-electron chi connectivity index (χ3n) is 5.96. The highest BCUT2D eigenvalue weighted by atomic mass is 127. The fourth-order valence-corrected chi connectivity index (χ4v) is 5.25. The molecule has 0 aliphatic heterocycles. The molecule has 214 valence electrons. The van der Waals surface area contributed by atoms with E-state index >= 15 is 0 Å². The highest BCUT2D eigenvalue weighted by Gasteiger charge is 2.20. The van der Waals surface area contributed by atoms with Crippen molar-refractivity contribution in [1.29, 1.82) is 0 Å².